The molecule has 1 aliphatic rings. The van der Waals surface area contributed by atoms with Crippen molar-refractivity contribution in [1.82, 2.24) is 9.80 Å². The van der Waals surface area contributed by atoms with Gasteiger partial charge in [0, 0.05) is 13.1 Å². The minimum absolute atomic E-state index is 0.366. The zero-order valence-corrected chi connectivity index (χ0v) is 13.5. The number of ether oxygens (including phenoxy) is 1. The van der Waals surface area contributed by atoms with Crippen molar-refractivity contribution < 1.29 is 4.74 Å². The molecule has 0 aliphatic carbocycles. The summed E-state index contributed by atoms with van der Waals surface area (Å²) < 4.78 is 5.63. The molecule has 0 atom stereocenters. The van der Waals surface area contributed by atoms with Gasteiger partial charge in [-0.3, -0.25) is 0 Å². The maximum Gasteiger partial charge on any atom is 0.0596 e. The van der Waals surface area contributed by atoms with Crippen LogP contribution in [0, 0.1) is 5.92 Å². The maximum absolute atomic E-state index is 5.63. The van der Waals surface area contributed by atoms with Crippen molar-refractivity contribution in [3.8, 4) is 0 Å². The Bertz CT molecular complexity index is 213. The second kappa shape index (κ2) is 9.73. The first-order valence-corrected chi connectivity index (χ1v) is 8.14. The van der Waals surface area contributed by atoms with Crippen molar-refractivity contribution in [1.29, 1.82) is 0 Å². The largest absolute Gasteiger partial charge is 0.377 e. The Kier molecular flexibility index (Phi) is 8.67. The fraction of sp³-hybridized carbons (Fsp3) is 1.00. The van der Waals surface area contributed by atoms with E-state index >= 15 is 0 Å². The monoisotopic (exact) mass is 270 g/mol. The highest BCUT2D eigenvalue weighted by Crippen LogP contribution is 2.18. The van der Waals surface area contributed by atoms with E-state index in [1.807, 2.05) is 0 Å². The number of likely N-dealkylation sites (tertiary alicyclic amines) is 1. The number of hydrogen-bond acceptors (Lipinski definition) is 3. The Morgan fingerprint density at radius 1 is 1.26 bits per heavy atom. The van der Waals surface area contributed by atoms with Crippen LogP contribution >= 0.6 is 0 Å². The maximum atomic E-state index is 5.63. The van der Waals surface area contributed by atoms with Crippen molar-refractivity contribution in [3.05, 3.63) is 0 Å². The van der Waals surface area contributed by atoms with Gasteiger partial charge in [0.15, 0.2) is 0 Å². The Balaban J connectivity index is 2.08. The molecule has 0 saturated carbocycles. The average Bonchev–Trinajstić information content (AvgIpc) is 2.38. The van der Waals surface area contributed by atoms with Crippen LogP contribution in [0.2, 0.25) is 0 Å². The van der Waals surface area contributed by atoms with E-state index in [1.54, 1.807) is 0 Å². The molecule has 19 heavy (non-hydrogen) atoms. The third-order valence-corrected chi connectivity index (χ3v) is 4.03. The van der Waals surface area contributed by atoms with Crippen LogP contribution in [-0.4, -0.2) is 62.3 Å². The first-order valence-electron chi connectivity index (χ1n) is 8.14. The van der Waals surface area contributed by atoms with E-state index in [2.05, 4.69) is 37.6 Å². The molecule has 1 saturated heterocycles. The van der Waals surface area contributed by atoms with E-state index in [0.717, 1.165) is 19.1 Å². The molecule has 1 aliphatic heterocycles. The van der Waals surface area contributed by atoms with Crippen molar-refractivity contribution in [2.24, 2.45) is 5.92 Å². The predicted octanol–water partition coefficient (Wildman–Crippen LogP) is 2.86. The second-order valence-corrected chi connectivity index (χ2v) is 6.32. The molecular formula is C16H34N2O. The zero-order valence-electron chi connectivity index (χ0n) is 13.5. The van der Waals surface area contributed by atoms with Crippen molar-refractivity contribution in [2.45, 2.75) is 52.6 Å². The summed E-state index contributed by atoms with van der Waals surface area (Å²) in [5.74, 6) is 0.907. The van der Waals surface area contributed by atoms with E-state index in [4.69, 9.17) is 4.74 Å². The number of rotatable bonds is 9. The van der Waals surface area contributed by atoms with E-state index in [9.17, 15) is 0 Å². The van der Waals surface area contributed by atoms with Crippen LogP contribution < -0.4 is 0 Å². The van der Waals surface area contributed by atoms with Crippen LogP contribution in [0.5, 0.6) is 0 Å². The lowest BCUT2D eigenvalue weighted by Gasteiger charge is -2.34. The van der Waals surface area contributed by atoms with Gasteiger partial charge < -0.3 is 14.5 Å². The van der Waals surface area contributed by atoms with Crippen LogP contribution in [0.4, 0.5) is 0 Å². The molecule has 1 fully saturated rings. The molecule has 3 heteroatoms. The fourth-order valence-electron chi connectivity index (χ4n) is 2.77. The van der Waals surface area contributed by atoms with E-state index in [-0.39, 0.29) is 0 Å². The highest BCUT2D eigenvalue weighted by atomic mass is 16.5. The van der Waals surface area contributed by atoms with Gasteiger partial charge in [-0.2, -0.15) is 0 Å². The Morgan fingerprint density at radius 3 is 2.53 bits per heavy atom. The SMILES string of the molecule is CCCCN(C)CC1CCN(CCOC(C)C)CC1. The van der Waals surface area contributed by atoms with Crippen LogP contribution in [0.15, 0.2) is 0 Å². The molecule has 0 aromatic heterocycles. The van der Waals surface area contributed by atoms with Crippen LogP contribution in [0.25, 0.3) is 0 Å². The molecule has 0 aromatic rings. The summed E-state index contributed by atoms with van der Waals surface area (Å²) in [4.78, 5) is 5.08. The summed E-state index contributed by atoms with van der Waals surface area (Å²) in [6, 6.07) is 0. The fourth-order valence-corrected chi connectivity index (χ4v) is 2.77. The molecule has 0 amide bonds. The lowest BCUT2D eigenvalue weighted by Crippen LogP contribution is -2.39. The van der Waals surface area contributed by atoms with E-state index in [0.29, 0.717) is 6.10 Å². The minimum Gasteiger partial charge on any atom is -0.377 e. The molecule has 0 spiro atoms. The lowest BCUT2D eigenvalue weighted by molar-refractivity contribution is 0.0489. The van der Waals surface area contributed by atoms with Gasteiger partial charge in [0.05, 0.1) is 12.7 Å². The normalized spacial score (nSPS) is 18.6. The molecule has 0 N–H and O–H groups in total. The predicted molar refractivity (Wildman–Crippen MR) is 82.7 cm³/mol. The van der Waals surface area contributed by atoms with Crippen LogP contribution in [-0.2, 0) is 4.74 Å². The topological polar surface area (TPSA) is 15.7 Å². The average molecular weight is 270 g/mol. The van der Waals surface area contributed by atoms with E-state index < -0.39 is 0 Å². The van der Waals surface area contributed by atoms with Crippen LogP contribution in [0.1, 0.15) is 46.5 Å². The van der Waals surface area contributed by atoms with E-state index in [1.165, 1.54) is 51.9 Å². The summed E-state index contributed by atoms with van der Waals surface area (Å²) in [6.07, 6.45) is 5.72. The van der Waals surface area contributed by atoms with Crippen molar-refractivity contribution in [2.75, 3.05) is 46.4 Å². The molecule has 3 nitrogen and oxygen atoms in total. The van der Waals surface area contributed by atoms with Crippen molar-refractivity contribution >= 4 is 0 Å². The summed E-state index contributed by atoms with van der Waals surface area (Å²) in [5.41, 5.74) is 0. The highest BCUT2D eigenvalue weighted by Gasteiger charge is 2.19. The number of piperidine rings is 1. The highest BCUT2D eigenvalue weighted by molar-refractivity contribution is 4.74. The molecule has 0 aromatic carbocycles. The quantitative estimate of drug-likeness (QED) is 0.641. The first kappa shape index (κ1) is 16.9. The zero-order chi connectivity index (χ0) is 14.1. The first-order chi connectivity index (χ1) is 9.11. The van der Waals surface area contributed by atoms with Crippen LogP contribution in [0.3, 0.4) is 0 Å². The molecular weight excluding hydrogens is 236 g/mol. The molecule has 0 unspecified atom stereocenters. The van der Waals surface area contributed by atoms with Gasteiger partial charge in [-0.05, 0) is 65.7 Å². The van der Waals surface area contributed by atoms with Gasteiger partial charge in [0.1, 0.15) is 0 Å². The minimum atomic E-state index is 0.366. The third kappa shape index (κ3) is 7.91. The number of hydrogen-bond donors (Lipinski definition) is 0. The van der Waals surface area contributed by atoms with Gasteiger partial charge in [-0.25, -0.2) is 0 Å². The second-order valence-electron chi connectivity index (χ2n) is 6.32. The molecule has 0 bridgehead atoms. The molecule has 114 valence electrons. The number of nitrogens with zero attached hydrogens (tertiary/aromatic N) is 2. The van der Waals surface area contributed by atoms with Gasteiger partial charge in [0.2, 0.25) is 0 Å². The molecule has 1 heterocycles. The summed E-state index contributed by atoms with van der Waals surface area (Å²) in [6.45, 7) is 13.5. The van der Waals surface area contributed by atoms with Gasteiger partial charge >= 0.3 is 0 Å². The third-order valence-electron chi connectivity index (χ3n) is 4.03. The molecule has 0 radical (unpaired) electrons. The smallest absolute Gasteiger partial charge is 0.0596 e. The van der Waals surface area contributed by atoms with Gasteiger partial charge in [-0.15, -0.1) is 0 Å². The summed E-state index contributed by atoms with van der Waals surface area (Å²) >= 11 is 0. The Labute approximate surface area is 120 Å². The lowest BCUT2D eigenvalue weighted by atomic mass is 9.96. The Hall–Kier alpha value is -0.120. The van der Waals surface area contributed by atoms with Gasteiger partial charge in [-0.1, -0.05) is 13.3 Å². The molecule has 1 rings (SSSR count). The standard InChI is InChI=1S/C16H34N2O/c1-5-6-9-17(4)14-16-7-10-18(11-8-16)12-13-19-15(2)3/h15-16H,5-14H2,1-4H3. The van der Waals surface area contributed by atoms with Crippen molar-refractivity contribution in [3.63, 3.8) is 0 Å². The number of unbranched alkanes of at least 4 members (excludes halogenated alkanes) is 1. The summed E-state index contributed by atoms with van der Waals surface area (Å²) in [7, 11) is 2.28. The Morgan fingerprint density at radius 2 is 1.95 bits per heavy atom. The van der Waals surface area contributed by atoms with Gasteiger partial charge in [0.25, 0.3) is 0 Å². The summed E-state index contributed by atoms with van der Waals surface area (Å²) in [5, 5.41) is 0.